The number of carbonyl (C=O) groups excluding carboxylic acids is 1. The Morgan fingerprint density at radius 1 is 1.62 bits per heavy atom. The van der Waals surface area contributed by atoms with E-state index in [0.717, 1.165) is 12.8 Å². The SMILES string of the molecule is COCC(C)N(C)C(=O)C1CCC(CN)O1. The molecular weight excluding hydrogens is 208 g/mol. The summed E-state index contributed by atoms with van der Waals surface area (Å²) in [5, 5.41) is 0. The van der Waals surface area contributed by atoms with Crippen molar-refractivity contribution in [2.45, 2.75) is 38.0 Å². The van der Waals surface area contributed by atoms with E-state index in [2.05, 4.69) is 0 Å². The maximum Gasteiger partial charge on any atom is 0.251 e. The highest BCUT2D eigenvalue weighted by atomic mass is 16.5. The number of rotatable bonds is 5. The molecule has 0 aromatic rings. The van der Waals surface area contributed by atoms with Gasteiger partial charge in [-0.15, -0.1) is 0 Å². The smallest absolute Gasteiger partial charge is 0.251 e. The second-order valence-corrected chi connectivity index (χ2v) is 4.31. The number of nitrogens with two attached hydrogens (primary N) is 1. The van der Waals surface area contributed by atoms with Crippen LogP contribution < -0.4 is 5.73 Å². The van der Waals surface area contributed by atoms with E-state index >= 15 is 0 Å². The minimum atomic E-state index is -0.321. The zero-order chi connectivity index (χ0) is 12.1. The second-order valence-electron chi connectivity index (χ2n) is 4.31. The first kappa shape index (κ1) is 13.4. The molecule has 1 saturated heterocycles. The minimum Gasteiger partial charge on any atom is -0.383 e. The highest BCUT2D eigenvalue weighted by molar-refractivity contribution is 5.81. The molecular formula is C11H22N2O3. The Bertz CT molecular complexity index is 231. The van der Waals surface area contributed by atoms with Crippen LogP contribution in [-0.4, -0.2) is 56.4 Å². The molecule has 1 amide bonds. The number of methoxy groups -OCH3 is 1. The minimum absolute atomic E-state index is 0.0282. The molecule has 2 N–H and O–H groups in total. The molecule has 0 radical (unpaired) electrons. The van der Waals surface area contributed by atoms with Crippen LogP contribution in [0.5, 0.6) is 0 Å². The van der Waals surface area contributed by atoms with Crippen LogP contribution in [0.25, 0.3) is 0 Å². The van der Waals surface area contributed by atoms with E-state index in [1.165, 1.54) is 0 Å². The predicted molar refractivity (Wildman–Crippen MR) is 61.1 cm³/mol. The lowest BCUT2D eigenvalue weighted by molar-refractivity contribution is -0.144. The summed E-state index contributed by atoms with van der Waals surface area (Å²) in [5.41, 5.74) is 5.51. The fourth-order valence-electron chi connectivity index (χ4n) is 1.86. The van der Waals surface area contributed by atoms with Gasteiger partial charge in [-0.05, 0) is 19.8 Å². The summed E-state index contributed by atoms with van der Waals surface area (Å²) in [6.07, 6.45) is 1.36. The molecule has 1 rings (SSSR count). The van der Waals surface area contributed by atoms with Gasteiger partial charge in [0.1, 0.15) is 6.10 Å². The monoisotopic (exact) mass is 230 g/mol. The lowest BCUT2D eigenvalue weighted by atomic mass is 10.1. The van der Waals surface area contributed by atoms with Gasteiger partial charge in [-0.3, -0.25) is 4.79 Å². The standard InChI is InChI=1S/C11H22N2O3/c1-8(7-15-3)13(2)11(14)10-5-4-9(6-12)16-10/h8-10H,4-7,12H2,1-3H3. The number of likely N-dealkylation sites (N-methyl/N-ethyl adjacent to an activating group) is 1. The van der Waals surface area contributed by atoms with Gasteiger partial charge >= 0.3 is 0 Å². The van der Waals surface area contributed by atoms with Gasteiger partial charge in [-0.2, -0.15) is 0 Å². The number of carbonyl (C=O) groups is 1. The number of hydrogen-bond donors (Lipinski definition) is 1. The van der Waals surface area contributed by atoms with Crippen molar-refractivity contribution in [2.24, 2.45) is 5.73 Å². The molecule has 1 aliphatic heterocycles. The number of ether oxygens (including phenoxy) is 2. The van der Waals surface area contributed by atoms with Crippen molar-refractivity contribution in [1.82, 2.24) is 4.90 Å². The van der Waals surface area contributed by atoms with Crippen LogP contribution in [0.3, 0.4) is 0 Å². The Labute approximate surface area is 96.9 Å². The summed E-state index contributed by atoms with van der Waals surface area (Å²) in [6, 6.07) is 0.0676. The number of hydrogen-bond acceptors (Lipinski definition) is 4. The highest BCUT2D eigenvalue weighted by Crippen LogP contribution is 2.20. The van der Waals surface area contributed by atoms with Crippen molar-refractivity contribution in [3.63, 3.8) is 0 Å². The van der Waals surface area contributed by atoms with Gasteiger partial charge in [0.25, 0.3) is 5.91 Å². The summed E-state index contributed by atoms with van der Waals surface area (Å²) in [7, 11) is 3.41. The van der Waals surface area contributed by atoms with Crippen molar-refractivity contribution in [3.05, 3.63) is 0 Å². The van der Waals surface area contributed by atoms with Crippen molar-refractivity contribution < 1.29 is 14.3 Å². The Balaban J connectivity index is 2.45. The van der Waals surface area contributed by atoms with Crippen LogP contribution >= 0.6 is 0 Å². The van der Waals surface area contributed by atoms with Gasteiger partial charge in [0.2, 0.25) is 0 Å². The second kappa shape index (κ2) is 6.18. The normalized spacial score (nSPS) is 26.8. The average Bonchev–Trinajstić information content (AvgIpc) is 2.75. The lowest BCUT2D eigenvalue weighted by Crippen LogP contribution is -2.43. The molecule has 5 heteroatoms. The molecule has 0 aliphatic carbocycles. The van der Waals surface area contributed by atoms with E-state index < -0.39 is 0 Å². The Kier molecular flexibility index (Phi) is 5.18. The van der Waals surface area contributed by atoms with Crippen LogP contribution in [0, 0.1) is 0 Å². The number of amides is 1. The summed E-state index contributed by atoms with van der Waals surface area (Å²) < 4.78 is 10.6. The fourth-order valence-corrected chi connectivity index (χ4v) is 1.86. The Morgan fingerprint density at radius 3 is 2.81 bits per heavy atom. The largest absolute Gasteiger partial charge is 0.383 e. The van der Waals surface area contributed by atoms with E-state index in [9.17, 15) is 4.79 Å². The molecule has 0 bridgehead atoms. The molecule has 0 saturated carbocycles. The van der Waals surface area contributed by atoms with Gasteiger partial charge in [0, 0.05) is 20.7 Å². The summed E-state index contributed by atoms with van der Waals surface area (Å²) >= 11 is 0. The van der Waals surface area contributed by atoms with E-state index in [4.69, 9.17) is 15.2 Å². The molecule has 16 heavy (non-hydrogen) atoms. The molecule has 1 fully saturated rings. The van der Waals surface area contributed by atoms with Gasteiger partial charge in [-0.1, -0.05) is 0 Å². The van der Waals surface area contributed by atoms with Gasteiger partial charge < -0.3 is 20.1 Å². The first-order valence-electron chi connectivity index (χ1n) is 5.71. The van der Waals surface area contributed by atoms with Crippen LogP contribution in [0.4, 0.5) is 0 Å². The van der Waals surface area contributed by atoms with Gasteiger partial charge in [0.15, 0.2) is 0 Å². The average molecular weight is 230 g/mol. The molecule has 94 valence electrons. The van der Waals surface area contributed by atoms with Crippen LogP contribution in [0.1, 0.15) is 19.8 Å². The van der Waals surface area contributed by atoms with Gasteiger partial charge in [-0.25, -0.2) is 0 Å². The first-order chi connectivity index (χ1) is 7.60. The van der Waals surface area contributed by atoms with Crippen molar-refractivity contribution in [2.75, 3.05) is 27.3 Å². The summed E-state index contributed by atoms with van der Waals surface area (Å²) in [5.74, 6) is 0.0282. The van der Waals surface area contributed by atoms with E-state index in [0.29, 0.717) is 13.2 Å². The topological polar surface area (TPSA) is 64.8 Å². The Hall–Kier alpha value is -0.650. The van der Waals surface area contributed by atoms with Crippen LogP contribution in [0.15, 0.2) is 0 Å². The predicted octanol–water partition coefficient (Wildman–Crippen LogP) is -0.0140. The third-order valence-corrected chi connectivity index (χ3v) is 3.06. The summed E-state index contributed by atoms with van der Waals surface area (Å²) in [4.78, 5) is 13.7. The third kappa shape index (κ3) is 3.17. The molecule has 0 aromatic carbocycles. The fraction of sp³-hybridized carbons (Fsp3) is 0.909. The first-order valence-corrected chi connectivity index (χ1v) is 5.71. The van der Waals surface area contributed by atoms with Crippen LogP contribution in [0.2, 0.25) is 0 Å². The molecule has 1 heterocycles. The third-order valence-electron chi connectivity index (χ3n) is 3.06. The zero-order valence-electron chi connectivity index (χ0n) is 10.3. The molecule has 0 spiro atoms. The maximum absolute atomic E-state index is 12.0. The quantitative estimate of drug-likeness (QED) is 0.721. The van der Waals surface area contributed by atoms with Crippen molar-refractivity contribution in [3.8, 4) is 0 Å². The van der Waals surface area contributed by atoms with Crippen molar-refractivity contribution in [1.29, 1.82) is 0 Å². The van der Waals surface area contributed by atoms with Crippen LogP contribution in [-0.2, 0) is 14.3 Å². The van der Waals surface area contributed by atoms with E-state index in [1.807, 2.05) is 6.92 Å². The highest BCUT2D eigenvalue weighted by Gasteiger charge is 2.32. The Morgan fingerprint density at radius 2 is 2.31 bits per heavy atom. The van der Waals surface area contributed by atoms with E-state index in [-0.39, 0.29) is 24.2 Å². The summed E-state index contributed by atoms with van der Waals surface area (Å²) in [6.45, 7) is 2.98. The lowest BCUT2D eigenvalue weighted by Gasteiger charge is -2.26. The zero-order valence-corrected chi connectivity index (χ0v) is 10.3. The molecule has 5 nitrogen and oxygen atoms in total. The molecule has 3 atom stereocenters. The van der Waals surface area contributed by atoms with E-state index in [1.54, 1.807) is 19.1 Å². The molecule has 0 aromatic heterocycles. The maximum atomic E-state index is 12.0. The number of nitrogens with zero attached hydrogens (tertiary/aromatic N) is 1. The molecule has 3 unspecified atom stereocenters. The van der Waals surface area contributed by atoms with Crippen molar-refractivity contribution >= 4 is 5.91 Å². The van der Waals surface area contributed by atoms with Gasteiger partial charge in [0.05, 0.1) is 18.8 Å². The molecule has 1 aliphatic rings.